The highest BCUT2D eigenvalue weighted by atomic mass is 16.5. The van der Waals surface area contributed by atoms with Gasteiger partial charge in [-0.3, -0.25) is 4.79 Å². The second kappa shape index (κ2) is 7.84. The van der Waals surface area contributed by atoms with Crippen molar-refractivity contribution >= 4 is 5.91 Å². The second-order valence-corrected chi connectivity index (χ2v) is 4.26. The van der Waals surface area contributed by atoms with Gasteiger partial charge in [0.05, 0.1) is 13.2 Å². The molecule has 0 atom stereocenters. The van der Waals surface area contributed by atoms with Crippen molar-refractivity contribution in [2.45, 2.75) is 20.3 Å². The SMILES string of the molecule is Cc1ccc(C(=O)NCCCOCCO)c(C)c1. The molecule has 1 aromatic carbocycles. The van der Waals surface area contributed by atoms with Crippen LogP contribution in [0.1, 0.15) is 27.9 Å². The number of benzene rings is 1. The maximum Gasteiger partial charge on any atom is 0.251 e. The smallest absolute Gasteiger partial charge is 0.251 e. The summed E-state index contributed by atoms with van der Waals surface area (Å²) in [6.45, 7) is 5.46. The molecule has 2 N–H and O–H groups in total. The van der Waals surface area contributed by atoms with E-state index in [1.54, 1.807) is 0 Å². The van der Waals surface area contributed by atoms with Crippen LogP contribution in [0.2, 0.25) is 0 Å². The number of aliphatic hydroxyl groups is 1. The van der Waals surface area contributed by atoms with Crippen molar-refractivity contribution in [3.63, 3.8) is 0 Å². The standard InChI is InChI=1S/C14H21NO3/c1-11-4-5-13(12(2)10-11)14(17)15-6-3-8-18-9-7-16/h4-5,10,16H,3,6-9H2,1-2H3,(H,15,17). The normalized spacial score (nSPS) is 10.4. The molecule has 4 heteroatoms. The van der Waals surface area contributed by atoms with Crippen molar-refractivity contribution in [3.05, 3.63) is 34.9 Å². The first kappa shape index (κ1) is 14.7. The Balaban J connectivity index is 2.32. The average molecular weight is 251 g/mol. The number of aryl methyl sites for hydroxylation is 2. The van der Waals surface area contributed by atoms with E-state index in [0.717, 1.165) is 23.1 Å². The zero-order valence-electron chi connectivity index (χ0n) is 11.0. The Morgan fingerprint density at radius 1 is 1.33 bits per heavy atom. The van der Waals surface area contributed by atoms with Crippen LogP contribution < -0.4 is 5.32 Å². The summed E-state index contributed by atoms with van der Waals surface area (Å²) in [7, 11) is 0. The van der Waals surface area contributed by atoms with Crippen molar-refractivity contribution < 1.29 is 14.6 Å². The van der Waals surface area contributed by atoms with Crippen LogP contribution in [0.4, 0.5) is 0 Å². The van der Waals surface area contributed by atoms with Gasteiger partial charge < -0.3 is 15.2 Å². The van der Waals surface area contributed by atoms with Crippen LogP contribution in [-0.2, 0) is 4.74 Å². The van der Waals surface area contributed by atoms with Gasteiger partial charge in [-0.15, -0.1) is 0 Å². The summed E-state index contributed by atoms with van der Waals surface area (Å²) in [5.41, 5.74) is 2.86. The predicted molar refractivity (Wildman–Crippen MR) is 70.8 cm³/mol. The Hall–Kier alpha value is -1.39. The largest absolute Gasteiger partial charge is 0.394 e. The molecule has 18 heavy (non-hydrogen) atoms. The number of carbonyl (C=O) groups excluding carboxylic acids is 1. The third-order valence-electron chi connectivity index (χ3n) is 2.61. The first-order chi connectivity index (χ1) is 8.65. The second-order valence-electron chi connectivity index (χ2n) is 4.26. The summed E-state index contributed by atoms with van der Waals surface area (Å²) in [6, 6.07) is 5.79. The van der Waals surface area contributed by atoms with Gasteiger partial charge in [0.2, 0.25) is 0 Å². The lowest BCUT2D eigenvalue weighted by Gasteiger charge is -2.08. The van der Waals surface area contributed by atoms with Gasteiger partial charge in [-0.1, -0.05) is 17.7 Å². The van der Waals surface area contributed by atoms with Crippen LogP contribution in [-0.4, -0.2) is 37.4 Å². The molecule has 4 nitrogen and oxygen atoms in total. The van der Waals surface area contributed by atoms with Gasteiger partial charge in [-0.2, -0.15) is 0 Å². The number of aliphatic hydroxyl groups excluding tert-OH is 1. The molecule has 1 aromatic rings. The highest BCUT2D eigenvalue weighted by Crippen LogP contribution is 2.10. The Bertz CT molecular complexity index is 391. The molecule has 0 bridgehead atoms. The van der Waals surface area contributed by atoms with Crippen LogP contribution >= 0.6 is 0 Å². The van der Waals surface area contributed by atoms with E-state index >= 15 is 0 Å². The lowest BCUT2D eigenvalue weighted by Crippen LogP contribution is -2.26. The van der Waals surface area contributed by atoms with Gasteiger partial charge in [-0.25, -0.2) is 0 Å². The highest BCUT2D eigenvalue weighted by molar-refractivity contribution is 5.95. The Kier molecular flexibility index (Phi) is 6.39. The lowest BCUT2D eigenvalue weighted by molar-refractivity contribution is 0.0867. The number of hydrogen-bond acceptors (Lipinski definition) is 3. The first-order valence-electron chi connectivity index (χ1n) is 6.19. The van der Waals surface area contributed by atoms with Crippen LogP contribution in [0.3, 0.4) is 0 Å². The van der Waals surface area contributed by atoms with E-state index in [-0.39, 0.29) is 12.5 Å². The van der Waals surface area contributed by atoms with Crippen LogP contribution in [0.25, 0.3) is 0 Å². The summed E-state index contributed by atoms with van der Waals surface area (Å²) < 4.78 is 5.11. The lowest BCUT2D eigenvalue weighted by atomic mass is 10.1. The molecule has 100 valence electrons. The summed E-state index contributed by atoms with van der Waals surface area (Å²) in [4.78, 5) is 11.9. The van der Waals surface area contributed by atoms with E-state index in [0.29, 0.717) is 19.8 Å². The molecule has 0 aromatic heterocycles. The number of nitrogens with one attached hydrogen (secondary N) is 1. The molecule has 0 spiro atoms. The average Bonchev–Trinajstić information content (AvgIpc) is 2.33. The van der Waals surface area contributed by atoms with Crippen LogP contribution in [0, 0.1) is 13.8 Å². The number of hydrogen-bond donors (Lipinski definition) is 2. The summed E-state index contributed by atoms with van der Waals surface area (Å²) in [6.07, 6.45) is 0.747. The molecular formula is C14H21NO3. The molecule has 0 heterocycles. The van der Waals surface area contributed by atoms with Gasteiger partial charge in [0.1, 0.15) is 0 Å². The Morgan fingerprint density at radius 2 is 2.11 bits per heavy atom. The maximum absolute atomic E-state index is 11.9. The zero-order valence-corrected chi connectivity index (χ0v) is 11.0. The molecule has 0 saturated heterocycles. The van der Waals surface area contributed by atoms with Gasteiger partial charge in [0.25, 0.3) is 5.91 Å². The third kappa shape index (κ3) is 4.85. The molecule has 0 aliphatic carbocycles. The van der Waals surface area contributed by atoms with E-state index in [4.69, 9.17) is 9.84 Å². The molecular weight excluding hydrogens is 230 g/mol. The quantitative estimate of drug-likeness (QED) is 0.721. The van der Waals surface area contributed by atoms with Gasteiger partial charge in [0, 0.05) is 18.7 Å². The van der Waals surface area contributed by atoms with Crippen molar-refractivity contribution in [2.75, 3.05) is 26.4 Å². The fraction of sp³-hybridized carbons (Fsp3) is 0.500. The summed E-state index contributed by atoms with van der Waals surface area (Å²) in [5.74, 6) is -0.0466. The van der Waals surface area contributed by atoms with Crippen molar-refractivity contribution in [1.82, 2.24) is 5.32 Å². The minimum atomic E-state index is -0.0466. The van der Waals surface area contributed by atoms with Crippen molar-refractivity contribution in [1.29, 1.82) is 0 Å². The first-order valence-corrected chi connectivity index (χ1v) is 6.19. The maximum atomic E-state index is 11.9. The fourth-order valence-electron chi connectivity index (χ4n) is 1.71. The number of ether oxygens (including phenoxy) is 1. The summed E-state index contributed by atoms with van der Waals surface area (Å²) in [5, 5.41) is 11.4. The van der Waals surface area contributed by atoms with Crippen LogP contribution in [0.5, 0.6) is 0 Å². The molecule has 0 aliphatic rings. The molecule has 1 rings (SSSR count). The van der Waals surface area contributed by atoms with Gasteiger partial charge in [-0.05, 0) is 31.9 Å². The fourth-order valence-corrected chi connectivity index (χ4v) is 1.71. The number of carbonyl (C=O) groups is 1. The molecule has 0 unspecified atom stereocenters. The van der Waals surface area contributed by atoms with E-state index in [1.807, 2.05) is 32.0 Å². The van der Waals surface area contributed by atoms with E-state index in [1.165, 1.54) is 0 Å². The molecule has 1 amide bonds. The van der Waals surface area contributed by atoms with Crippen LogP contribution in [0.15, 0.2) is 18.2 Å². The Morgan fingerprint density at radius 3 is 2.78 bits per heavy atom. The topological polar surface area (TPSA) is 58.6 Å². The minimum absolute atomic E-state index is 0.0366. The predicted octanol–water partition coefficient (Wildman–Crippen LogP) is 1.43. The van der Waals surface area contributed by atoms with Crippen molar-refractivity contribution in [3.8, 4) is 0 Å². The van der Waals surface area contributed by atoms with Gasteiger partial charge in [0.15, 0.2) is 0 Å². The molecule has 0 saturated carbocycles. The molecule has 0 radical (unpaired) electrons. The minimum Gasteiger partial charge on any atom is -0.394 e. The van der Waals surface area contributed by atoms with E-state index in [2.05, 4.69) is 5.32 Å². The highest BCUT2D eigenvalue weighted by Gasteiger charge is 2.07. The van der Waals surface area contributed by atoms with Crippen molar-refractivity contribution in [2.24, 2.45) is 0 Å². The Labute approximate surface area is 108 Å². The molecule has 0 aliphatic heterocycles. The number of amides is 1. The van der Waals surface area contributed by atoms with E-state index in [9.17, 15) is 4.79 Å². The summed E-state index contributed by atoms with van der Waals surface area (Å²) >= 11 is 0. The third-order valence-corrected chi connectivity index (χ3v) is 2.61. The number of rotatable bonds is 7. The van der Waals surface area contributed by atoms with Gasteiger partial charge >= 0.3 is 0 Å². The zero-order chi connectivity index (χ0) is 13.4. The van der Waals surface area contributed by atoms with E-state index < -0.39 is 0 Å². The molecule has 0 fully saturated rings. The monoisotopic (exact) mass is 251 g/mol.